The highest BCUT2D eigenvalue weighted by atomic mass is 16.5. The van der Waals surface area contributed by atoms with Crippen molar-refractivity contribution < 1.29 is 14.6 Å². The van der Waals surface area contributed by atoms with Crippen LogP contribution in [-0.4, -0.2) is 41.6 Å². The first-order valence-corrected chi connectivity index (χ1v) is 6.26. The summed E-state index contributed by atoms with van der Waals surface area (Å²) in [6, 6.07) is 5.68. The summed E-state index contributed by atoms with van der Waals surface area (Å²) in [7, 11) is 0. The largest absolute Gasteiger partial charge is 0.493 e. The van der Waals surface area contributed by atoms with E-state index in [4.69, 9.17) is 9.84 Å². The van der Waals surface area contributed by atoms with E-state index < -0.39 is 0 Å². The van der Waals surface area contributed by atoms with Gasteiger partial charge in [0.1, 0.15) is 12.3 Å². The van der Waals surface area contributed by atoms with Gasteiger partial charge in [-0.25, -0.2) is 4.99 Å². The van der Waals surface area contributed by atoms with Crippen LogP contribution in [0, 0.1) is 0 Å². The molecule has 1 fully saturated rings. The van der Waals surface area contributed by atoms with Crippen molar-refractivity contribution in [2.75, 3.05) is 19.8 Å². The molecule has 2 N–H and O–H groups in total. The number of aliphatic hydroxyl groups excluding tert-OH is 1. The maximum absolute atomic E-state index is 11.3. The van der Waals surface area contributed by atoms with Crippen molar-refractivity contribution in [1.82, 2.24) is 10.2 Å². The molecule has 19 heavy (non-hydrogen) atoms. The Morgan fingerprint density at radius 2 is 2.32 bits per heavy atom. The van der Waals surface area contributed by atoms with Gasteiger partial charge in [-0.15, -0.1) is 0 Å². The molecule has 100 valence electrons. The minimum absolute atomic E-state index is 0.0222. The van der Waals surface area contributed by atoms with E-state index >= 15 is 0 Å². The highest BCUT2D eigenvalue weighted by Gasteiger charge is 2.29. The molecular formula is C13H15N3O3. The maximum atomic E-state index is 11.3. The molecule has 6 heteroatoms. The molecule has 6 nitrogen and oxygen atoms in total. The van der Waals surface area contributed by atoms with Gasteiger partial charge in [-0.3, -0.25) is 10.1 Å². The van der Waals surface area contributed by atoms with Crippen molar-refractivity contribution in [2.45, 2.75) is 13.0 Å². The van der Waals surface area contributed by atoms with Crippen molar-refractivity contribution in [3.63, 3.8) is 0 Å². The molecule has 1 aromatic carbocycles. The van der Waals surface area contributed by atoms with Crippen molar-refractivity contribution in [3.8, 4) is 5.75 Å². The molecule has 2 heterocycles. The topological polar surface area (TPSA) is 74.2 Å². The Kier molecular flexibility index (Phi) is 3.08. The van der Waals surface area contributed by atoms with Gasteiger partial charge < -0.3 is 14.7 Å². The molecule has 3 rings (SSSR count). The average Bonchev–Trinajstić information content (AvgIpc) is 2.75. The number of rotatable bonds is 4. The summed E-state index contributed by atoms with van der Waals surface area (Å²) in [5.74, 6) is 1.38. The number of nitrogens with zero attached hydrogens (tertiary/aromatic N) is 2. The summed E-state index contributed by atoms with van der Waals surface area (Å²) in [6.45, 7) is 1.63. The van der Waals surface area contributed by atoms with E-state index in [1.54, 1.807) is 0 Å². The van der Waals surface area contributed by atoms with Crippen molar-refractivity contribution >= 4 is 17.6 Å². The number of ether oxygens (including phenoxy) is 1. The van der Waals surface area contributed by atoms with Crippen LogP contribution in [0.15, 0.2) is 23.2 Å². The molecule has 1 saturated heterocycles. The van der Waals surface area contributed by atoms with Crippen LogP contribution in [0.3, 0.4) is 0 Å². The van der Waals surface area contributed by atoms with Crippen LogP contribution in [-0.2, 0) is 11.3 Å². The number of benzene rings is 1. The highest BCUT2D eigenvalue weighted by Crippen LogP contribution is 2.30. The SMILES string of the molecule is O=C1CN2Cc3cc(OCCCO)ccc3N=C2N1. The van der Waals surface area contributed by atoms with E-state index in [0.29, 0.717) is 32.1 Å². The molecule has 1 amide bonds. The molecule has 1 aromatic rings. The van der Waals surface area contributed by atoms with Crippen LogP contribution in [0.5, 0.6) is 5.75 Å². The zero-order chi connectivity index (χ0) is 13.2. The number of hydrogen-bond donors (Lipinski definition) is 2. The number of guanidine groups is 1. The fraction of sp³-hybridized carbons (Fsp3) is 0.385. The second-order valence-corrected chi connectivity index (χ2v) is 4.56. The van der Waals surface area contributed by atoms with E-state index in [-0.39, 0.29) is 12.5 Å². The third-order valence-corrected chi connectivity index (χ3v) is 3.09. The van der Waals surface area contributed by atoms with E-state index in [2.05, 4.69) is 10.3 Å². The molecule has 0 unspecified atom stereocenters. The summed E-state index contributed by atoms with van der Waals surface area (Å²) in [5.41, 5.74) is 1.91. The lowest BCUT2D eigenvalue weighted by atomic mass is 10.1. The van der Waals surface area contributed by atoms with Gasteiger partial charge in [-0.05, 0) is 18.2 Å². The maximum Gasteiger partial charge on any atom is 0.246 e. The smallest absolute Gasteiger partial charge is 0.246 e. The zero-order valence-electron chi connectivity index (χ0n) is 10.4. The number of hydrogen-bond acceptors (Lipinski definition) is 5. The number of carbonyl (C=O) groups excluding carboxylic acids is 1. The van der Waals surface area contributed by atoms with E-state index in [9.17, 15) is 4.79 Å². The predicted molar refractivity (Wildman–Crippen MR) is 69.3 cm³/mol. The number of aliphatic imine (C=N–C) groups is 1. The van der Waals surface area contributed by atoms with Crippen LogP contribution in [0.25, 0.3) is 0 Å². The van der Waals surface area contributed by atoms with Crippen LogP contribution >= 0.6 is 0 Å². The first-order valence-electron chi connectivity index (χ1n) is 6.26. The van der Waals surface area contributed by atoms with Gasteiger partial charge in [0.15, 0.2) is 0 Å². The monoisotopic (exact) mass is 261 g/mol. The molecular weight excluding hydrogens is 246 g/mol. The number of carbonyl (C=O) groups is 1. The van der Waals surface area contributed by atoms with Gasteiger partial charge in [0.05, 0.1) is 12.3 Å². The lowest BCUT2D eigenvalue weighted by molar-refractivity contribution is -0.118. The zero-order valence-corrected chi connectivity index (χ0v) is 10.4. The summed E-state index contributed by atoms with van der Waals surface area (Å²) in [4.78, 5) is 17.6. The van der Waals surface area contributed by atoms with Gasteiger partial charge >= 0.3 is 0 Å². The summed E-state index contributed by atoms with van der Waals surface area (Å²) in [5, 5.41) is 11.5. The van der Waals surface area contributed by atoms with Crippen LogP contribution in [0.4, 0.5) is 5.69 Å². The molecule has 0 aliphatic carbocycles. The fourth-order valence-electron chi connectivity index (χ4n) is 2.18. The second-order valence-electron chi connectivity index (χ2n) is 4.56. The first kappa shape index (κ1) is 12.0. The molecule has 2 aliphatic rings. The van der Waals surface area contributed by atoms with E-state index in [0.717, 1.165) is 17.0 Å². The minimum atomic E-state index is -0.0222. The highest BCUT2D eigenvalue weighted by molar-refractivity contribution is 6.05. The molecule has 0 radical (unpaired) electrons. The number of nitrogens with one attached hydrogen (secondary N) is 1. The molecule has 0 bridgehead atoms. The molecule has 0 saturated carbocycles. The van der Waals surface area contributed by atoms with Gasteiger partial charge in [-0.2, -0.15) is 0 Å². The van der Waals surface area contributed by atoms with Gasteiger partial charge in [0, 0.05) is 25.1 Å². The lowest BCUT2D eigenvalue weighted by Gasteiger charge is -2.23. The van der Waals surface area contributed by atoms with Gasteiger partial charge in [0.2, 0.25) is 11.9 Å². The molecule has 0 spiro atoms. The lowest BCUT2D eigenvalue weighted by Crippen LogP contribution is -2.31. The normalized spacial score (nSPS) is 16.6. The predicted octanol–water partition coefficient (Wildman–Crippen LogP) is 0.381. The quantitative estimate of drug-likeness (QED) is 0.768. The Labute approximate surface area is 110 Å². The van der Waals surface area contributed by atoms with Gasteiger partial charge in [-0.1, -0.05) is 0 Å². The Morgan fingerprint density at radius 3 is 3.16 bits per heavy atom. The summed E-state index contributed by atoms with van der Waals surface area (Å²) >= 11 is 0. The van der Waals surface area contributed by atoms with Crippen LogP contribution in [0.1, 0.15) is 12.0 Å². The third-order valence-electron chi connectivity index (χ3n) is 3.09. The van der Waals surface area contributed by atoms with Crippen molar-refractivity contribution in [3.05, 3.63) is 23.8 Å². The first-order chi connectivity index (χ1) is 9.26. The number of aliphatic hydroxyl groups is 1. The Morgan fingerprint density at radius 1 is 1.42 bits per heavy atom. The summed E-state index contributed by atoms with van der Waals surface area (Å²) < 4.78 is 5.54. The molecule has 2 aliphatic heterocycles. The van der Waals surface area contributed by atoms with E-state index in [1.165, 1.54) is 0 Å². The van der Waals surface area contributed by atoms with E-state index in [1.807, 2.05) is 23.1 Å². The molecule has 0 aromatic heterocycles. The number of amides is 1. The fourth-order valence-corrected chi connectivity index (χ4v) is 2.18. The van der Waals surface area contributed by atoms with Crippen molar-refractivity contribution in [1.29, 1.82) is 0 Å². The number of fused-ring (bicyclic) bond motifs is 2. The third kappa shape index (κ3) is 2.39. The van der Waals surface area contributed by atoms with Gasteiger partial charge in [0.25, 0.3) is 0 Å². The van der Waals surface area contributed by atoms with Crippen molar-refractivity contribution in [2.24, 2.45) is 4.99 Å². The summed E-state index contributed by atoms with van der Waals surface area (Å²) in [6.07, 6.45) is 0.615. The second kappa shape index (κ2) is 4.89. The Bertz CT molecular complexity index is 542. The van der Waals surface area contributed by atoms with Crippen LogP contribution < -0.4 is 10.1 Å². The molecule has 0 atom stereocenters. The average molecular weight is 261 g/mol. The minimum Gasteiger partial charge on any atom is -0.493 e. The Balaban J connectivity index is 1.78. The van der Waals surface area contributed by atoms with Crippen LogP contribution in [0.2, 0.25) is 0 Å². The Hall–Kier alpha value is -2.08. The standard InChI is InChI=1S/C13H15N3O3/c17-4-1-5-19-10-2-3-11-9(6-10)7-16-8-12(18)15-13(16)14-11/h2-3,6,17H,1,4-5,7-8H2,(H,14,15,18).